The average molecular weight is 407 g/mol. The van der Waals surface area contributed by atoms with Gasteiger partial charge in [0.05, 0.1) is 6.10 Å². The zero-order valence-corrected chi connectivity index (χ0v) is 17.4. The van der Waals surface area contributed by atoms with E-state index in [9.17, 15) is 13.2 Å². The summed E-state index contributed by atoms with van der Waals surface area (Å²) in [5.41, 5.74) is 1.44. The van der Waals surface area contributed by atoms with E-state index in [1.54, 1.807) is 19.1 Å². The Labute approximate surface area is 165 Å². The number of carbonyl (C=O) groups is 1. The van der Waals surface area contributed by atoms with Crippen molar-refractivity contribution in [3.8, 4) is 5.75 Å². The molecule has 1 aliphatic rings. The van der Waals surface area contributed by atoms with Gasteiger partial charge in [-0.2, -0.15) is 4.31 Å². The van der Waals surface area contributed by atoms with E-state index in [1.165, 1.54) is 10.4 Å². The molecular weight excluding hydrogens is 380 g/mol. The molecule has 0 atom stereocenters. The second kappa shape index (κ2) is 7.97. The highest BCUT2D eigenvalue weighted by molar-refractivity contribution is 7.89. The summed E-state index contributed by atoms with van der Waals surface area (Å²) in [5.74, 6) is 0.413. The van der Waals surface area contributed by atoms with E-state index < -0.39 is 15.9 Å². The maximum Gasteiger partial charge on any atom is 0.291 e. The van der Waals surface area contributed by atoms with Gasteiger partial charge in [0.15, 0.2) is 5.76 Å². The van der Waals surface area contributed by atoms with Gasteiger partial charge in [-0.15, -0.1) is 0 Å². The molecule has 0 aliphatic carbocycles. The van der Waals surface area contributed by atoms with Gasteiger partial charge in [-0.1, -0.05) is 0 Å². The number of anilines is 1. The van der Waals surface area contributed by atoms with Gasteiger partial charge in [-0.05, 0) is 64.3 Å². The van der Waals surface area contributed by atoms with Crippen molar-refractivity contribution in [3.63, 3.8) is 0 Å². The summed E-state index contributed by atoms with van der Waals surface area (Å²) >= 11 is 0. The Bertz CT molecular complexity index is 972. The summed E-state index contributed by atoms with van der Waals surface area (Å²) in [7, 11) is -3.64. The predicted octanol–water partition coefficient (Wildman–Crippen LogP) is 3.72. The highest BCUT2D eigenvalue weighted by Gasteiger charge is 2.31. The van der Waals surface area contributed by atoms with Gasteiger partial charge >= 0.3 is 0 Å². The first kappa shape index (κ1) is 20.4. The molecule has 0 unspecified atom stereocenters. The molecule has 0 saturated carbocycles. The fourth-order valence-electron chi connectivity index (χ4n) is 3.21. The molecule has 1 fully saturated rings. The average Bonchev–Trinajstić information content (AvgIpc) is 3.27. The van der Waals surface area contributed by atoms with E-state index in [1.807, 2.05) is 26.8 Å². The summed E-state index contributed by atoms with van der Waals surface area (Å²) in [6.45, 7) is 8.30. The lowest BCUT2D eigenvalue weighted by molar-refractivity contribution is 0.0995. The van der Waals surface area contributed by atoms with Crippen molar-refractivity contribution in [2.75, 3.05) is 18.4 Å². The third kappa shape index (κ3) is 4.23. The third-order valence-electron chi connectivity index (χ3n) is 4.60. The van der Waals surface area contributed by atoms with Crippen LogP contribution in [0.5, 0.6) is 5.75 Å². The minimum absolute atomic E-state index is 0.0304. The zero-order valence-electron chi connectivity index (χ0n) is 16.6. The maximum absolute atomic E-state index is 12.7. The van der Waals surface area contributed by atoms with Crippen molar-refractivity contribution in [2.45, 2.75) is 51.5 Å². The number of ether oxygens (including phenoxy) is 1. The first-order valence-corrected chi connectivity index (χ1v) is 10.8. The second-order valence-electron chi connectivity index (χ2n) is 7.24. The number of aryl methyl sites for hydroxylation is 2. The molecular formula is C20H26N2O5S. The van der Waals surface area contributed by atoms with Crippen LogP contribution in [-0.4, -0.2) is 37.8 Å². The summed E-state index contributed by atoms with van der Waals surface area (Å²) < 4.78 is 38.0. The van der Waals surface area contributed by atoms with E-state index in [2.05, 4.69) is 5.32 Å². The molecule has 1 amide bonds. The van der Waals surface area contributed by atoms with E-state index >= 15 is 0 Å². The van der Waals surface area contributed by atoms with Crippen LogP contribution in [0, 0.1) is 13.8 Å². The predicted molar refractivity (Wildman–Crippen MR) is 106 cm³/mol. The number of hydrogen-bond acceptors (Lipinski definition) is 5. The van der Waals surface area contributed by atoms with E-state index in [4.69, 9.17) is 9.15 Å². The number of amides is 1. The Morgan fingerprint density at radius 3 is 2.46 bits per heavy atom. The third-order valence-corrected chi connectivity index (χ3v) is 6.60. The standard InChI is InChI=1S/C20H26N2O5S/c1-13(2)26-16-7-8-17(14(3)11-16)21-20(23)18-12-19(15(4)27-18)28(24,25)22-9-5-6-10-22/h7-8,11-13H,5-6,9-10H2,1-4H3,(H,21,23). The molecule has 1 aliphatic heterocycles. The number of nitrogens with zero attached hydrogens (tertiary/aromatic N) is 1. The molecule has 1 N–H and O–H groups in total. The van der Waals surface area contributed by atoms with Gasteiger partial charge in [-0.25, -0.2) is 8.42 Å². The van der Waals surface area contributed by atoms with Crippen molar-refractivity contribution in [2.24, 2.45) is 0 Å². The molecule has 0 radical (unpaired) electrons. The van der Waals surface area contributed by atoms with Crippen LogP contribution in [0.2, 0.25) is 0 Å². The monoisotopic (exact) mass is 406 g/mol. The second-order valence-corrected chi connectivity index (χ2v) is 9.15. The number of rotatable bonds is 6. The summed E-state index contributed by atoms with van der Waals surface area (Å²) in [6.07, 6.45) is 1.75. The minimum Gasteiger partial charge on any atom is -0.491 e. The molecule has 28 heavy (non-hydrogen) atoms. The topological polar surface area (TPSA) is 88.8 Å². The molecule has 1 aromatic carbocycles. The fraction of sp³-hybridized carbons (Fsp3) is 0.450. The Hall–Kier alpha value is -2.32. The number of carbonyl (C=O) groups excluding carboxylic acids is 1. The van der Waals surface area contributed by atoms with Gasteiger partial charge in [0.1, 0.15) is 16.4 Å². The Balaban J connectivity index is 1.79. The van der Waals surface area contributed by atoms with Gasteiger partial charge in [-0.3, -0.25) is 4.79 Å². The molecule has 0 bridgehead atoms. The van der Waals surface area contributed by atoms with Crippen molar-refractivity contribution in [1.29, 1.82) is 0 Å². The van der Waals surface area contributed by atoms with E-state index in [0.29, 0.717) is 18.8 Å². The maximum atomic E-state index is 12.7. The summed E-state index contributed by atoms with van der Waals surface area (Å²) in [6, 6.07) is 6.68. The molecule has 7 nitrogen and oxygen atoms in total. The van der Waals surface area contributed by atoms with Crippen molar-refractivity contribution < 1.29 is 22.4 Å². The molecule has 152 valence electrons. The zero-order chi connectivity index (χ0) is 20.5. The van der Waals surface area contributed by atoms with Crippen LogP contribution in [0.15, 0.2) is 33.6 Å². The van der Waals surface area contributed by atoms with Crippen molar-refractivity contribution >= 4 is 21.6 Å². The van der Waals surface area contributed by atoms with E-state index in [-0.39, 0.29) is 22.5 Å². The highest BCUT2D eigenvalue weighted by atomic mass is 32.2. The number of benzene rings is 1. The smallest absolute Gasteiger partial charge is 0.291 e. The number of sulfonamides is 1. The lowest BCUT2D eigenvalue weighted by atomic mass is 10.2. The van der Waals surface area contributed by atoms with Crippen LogP contribution in [0.3, 0.4) is 0 Å². The summed E-state index contributed by atoms with van der Waals surface area (Å²) in [5, 5.41) is 2.77. The van der Waals surface area contributed by atoms with Crippen LogP contribution in [0.4, 0.5) is 5.69 Å². The fourth-order valence-corrected chi connectivity index (χ4v) is 4.88. The first-order valence-electron chi connectivity index (χ1n) is 9.37. The van der Waals surface area contributed by atoms with Crippen molar-refractivity contribution in [3.05, 3.63) is 41.3 Å². The van der Waals surface area contributed by atoms with Gasteiger partial charge in [0, 0.05) is 24.8 Å². The quantitative estimate of drug-likeness (QED) is 0.790. The molecule has 2 aromatic rings. The number of furan rings is 1. The highest BCUT2D eigenvalue weighted by Crippen LogP contribution is 2.28. The molecule has 0 spiro atoms. The van der Waals surface area contributed by atoms with E-state index in [0.717, 1.165) is 24.2 Å². The Kier molecular flexibility index (Phi) is 5.81. The number of nitrogens with one attached hydrogen (secondary N) is 1. The minimum atomic E-state index is -3.64. The Morgan fingerprint density at radius 2 is 1.86 bits per heavy atom. The first-order chi connectivity index (χ1) is 13.2. The van der Waals surface area contributed by atoms with Crippen LogP contribution in [-0.2, 0) is 10.0 Å². The lowest BCUT2D eigenvalue weighted by Crippen LogP contribution is -2.28. The molecule has 1 saturated heterocycles. The van der Waals surface area contributed by atoms with Crippen LogP contribution < -0.4 is 10.1 Å². The summed E-state index contributed by atoms with van der Waals surface area (Å²) in [4.78, 5) is 12.7. The molecule has 3 rings (SSSR count). The molecule has 2 heterocycles. The van der Waals surface area contributed by atoms with Crippen molar-refractivity contribution in [1.82, 2.24) is 4.31 Å². The largest absolute Gasteiger partial charge is 0.491 e. The number of hydrogen-bond donors (Lipinski definition) is 1. The Morgan fingerprint density at radius 1 is 1.18 bits per heavy atom. The van der Waals surface area contributed by atoms with Crippen LogP contribution >= 0.6 is 0 Å². The van der Waals surface area contributed by atoms with Gasteiger partial charge in [0.25, 0.3) is 5.91 Å². The SMILES string of the molecule is Cc1cc(OC(C)C)ccc1NC(=O)c1cc(S(=O)(=O)N2CCCC2)c(C)o1. The normalized spacial score (nSPS) is 15.2. The van der Waals surface area contributed by atoms with Gasteiger partial charge < -0.3 is 14.5 Å². The van der Waals surface area contributed by atoms with Gasteiger partial charge in [0.2, 0.25) is 10.0 Å². The van der Waals surface area contributed by atoms with Crippen LogP contribution in [0.1, 0.15) is 48.6 Å². The lowest BCUT2D eigenvalue weighted by Gasteiger charge is -2.14. The van der Waals surface area contributed by atoms with Crippen LogP contribution in [0.25, 0.3) is 0 Å². The molecule has 8 heteroatoms. The molecule has 1 aromatic heterocycles.